The fraction of sp³-hybridized carbons (Fsp3) is 0.200. The van der Waals surface area contributed by atoms with Crippen LogP contribution in [0.1, 0.15) is 18.9 Å². The number of rotatable bonds is 12. The largest absolute Gasteiger partial charge is 0.497 e. The van der Waals surface area contributed by atoms with Gasteiger partial charge in [-0.15, -0.1) is 0 Å². The first-order valence-electron chi connectivity index (χ1n) is 12.2. The summed E-state index contributed by atoms with van der Waals surface area (Å²) < 4.78 is 7.01. The van der Waals surface area contributed by atoms with E-state index >= 15 is 0 Å². The van der Waals surface area contributed by atoms with Crippen LogP contribution in [0.3, 0.4) is 0 Å². The van der Waals surface area contributed by atoms with E-state index in [9.17, 15) is 19.8 Å². The molecular weight excluding hydrogens is 500 g/mol. The lowest BCUT2D eigenvalue weighted by molar-refractivity contribution is -0.137. The second-order valence-electron chi connectivity index (χ2n) is 8.91. The van der Waals surface area contributed by atoms with E-state index in [2.05, 4.69) is 4.90 Å². The number of methoxy groups -OCH3 is 1. The molecule has 4 aromatic rings. The molecule has 4 rings (SSSR count). The van der Waals surface area contributed by atoms with E-state index in [0.717, 1.165) is 38.4 Å². The Bertz CT molecular complexity index is 1400. The molecule has 0 aliphatic carbocycles. The van der Waals surface area contributed by atoms with Crippen LogP contribution in [0.25, 0.3) is 10.8 Å². The molecule has 0 heterocycles. The third-order valence-corrected chi connectivity index (χ3v) is 7.24. The van der Waals surface area contributed by atoms with Gasteiger partial charge < -0.3 is 24.2 Å². The molecule has 0 radical (unpaired) electrons. The number of aliphatic carboxylic acids is 2. The van der Waals surface area contributed by atoms with Crippen LogP contribution in [-0.4, -0.2) is 41.8 Å². The number of nitrogens with zero attached hydrogens (tertiary/aromatic N) is 2. The number of fused-ring (bicyclic) bond motifs is 1. The predicted octanol–water partition coefficient (Wildman–Crippen LogP) is 6.32. The Hall–Kier alpha value is -4.17. The summed E-state index contributed by atoms with van der Waals surface area (Å²) in [5, 5.41) is 21.0. The summed E-state index contributed by atoms with van der Waals surface area (Å²) in [5.41, 5.74) is 2.73. The molecule has 1 atom stereocenters. The molecule has 0 fully saturated rings. The number of hydrogen-bond acceptors (Lipinski definition) is 6. The number of anilines is 2. The minimum Gasteiger partial charge on any atom is -0.497 e. The van der Waals surface area contributed by atoms with Crippen molar-refractivity contribution in [2.75, 3.05) is 22.9 Å². The highest BCUT2D eigenvalue weighted by atomic mass is 32.2. The Balaban J connectivity index is 1.78. The number of carboxylic acid groups (broad SMARTS) is 2. The summed E-state index contributed by atoms with van der Waals surface area (Å²) in [4.78, 5) is 26.4. The van der Waals surface area contributed by atoms with Gasteiger partial charge in [-0.05, 0) is 60.8 Å². The topological polar surface area (TPSA) is 90.3 Å². The molecule has 38 heavy (non-hydrogen) atoms. The Kier molecular flexibility index (Phi) is 8.76. The predicted molar refractivity (Wildman–Crippen MR) is 152 cm³/mol. The first kappa shape index (κ1) is 26.9. The standard InChI is InChI=1S/C30H30N2O5S/c1-21(18-29(33)34)31(19-22-8-4-3-5-9-22)27-16-17-28(26-11-7-6-10-25(26)27)32(20-30(35)36)38-24-14-12-23(37-2)13-15-24/h3-17,21H,18-20H2,1-2H3,(H,33,34)(H,35,36)/t21-/m0/s1. The van der Waals surface area contributed by atoms with Crippen molar-refractivity contribution in [2.24, 2.45) is 0 Å². The summed E-state index contributed by atoms with van der Waals surface area (Å²) in [6.07, 6.45) is -0.0125. The van der Waals surface area contributed by atoms with E-state index in [1.165, 1.54) is 11.9 Å². The molecule has 0 saturated carbocycles. The maximum atomic E-state index is 11.8. The normalized spacial score (nSPS) is 11.6. The molecular formula is C30H30N2O5S. The minimum absolute atomic E-state index is 0.0125. The third-order valence-electron chi connectivity index (χ3n) is 6.21. The highest BCUT2D eigenvalue weighted by Crippen LogP contribution is 2.39. The van der Waals surface area contributed by atoms with Gasteiger partial charge in [-0.3, -0.25) is 9.59 Å². The number of ether oxygens (including phenoxy) is 1. The van der Waals surface area contributed by atoms with E-state index in [1.807, 2.05) is 97.9 Å². The average Bonchev–Trinajstić information content (AvgIpc) is 2.91. The Morgan fingerprint density at radius 3 is 2.03 bits per heavy atom. The van der Waals surface area contributed by atoms with Crippen molar-refractivity contribution in [1.82, 2.24) is 0 Å². The van der Waals surface area contributed by atoms with Gasteiger partial charge in [0.05, 0.1) is 19.2 Å². The van der Waals surface area contributed by atoms with Gasteiger partial charge in [-0.25, -0.2) is 0 Å². The molecule has 0 aliphatic rings. The zero-order valence-electron chi connectivity index (χ0n) is 21.3. The molecule has 0 saturated heterocycles. The van der Waals surface area contributed by atoms with Gasteiger partial charge in [0.15, 0.2) is 0 Å². The monoisotopic (exact) mass is 530 g/mol. The van der Waals surface area contributed by atoms with Crippen molar-refractivity contribution in [1.29, 1.82) is 0 Å². The molecule has 0 spiro atoms. The Morgan fingerprint density at radius 2 is 1.42 bits per heavy atom. The van der Waals surface area contributed by atoms with Gasteiger partial charge >= 0.3 is 11.9 Å². The first-order chi connectivity index (χ1) is 18.4. The second-order valence-corrected chi connectivity index (χ2v) is 10.0. The molecule has 8 heteroatoms. The molecule has 0 bridgehead atoms. The van der Waals surface area contributed by atoms with E-state index in [0.29, 0.717) is 6.54 Å². The zero-order chi connectivity index (χ0) is 27.1. The average molecular weight is 531 g/mol. The summed E-state index contributed by atoms with van der Waals surface area (Å²) in [6.45, 7) is 2.25. The minimum atomic E-state index is -0.944. The maximum Gasteiger partial charge on any atom is 0.324 e. The number of benzene rings is 4. The summed E-state index contributed by atoms with van der Waals surface area (Å²) in [7, 11) is 1.60. The van der Waals surface area contributed by atoms with Gasteiger partial charge in [0.1, 0.15) is 12.3 Å². The van der Waals surface area contributed by atoms with Crippen molar-refractivity contribution in [3.8, 4) is 5.75 Å². The summed E-state index contributed by atoms with van der Waals surface area (Å²) in [6, 6.07) is 28.9. The molecule has 0 unspecified atom stereocenters. The number of hydrogen-bond donors (Lipinski definition) is 2. The van der Waals surface area contributed by atoms with Crippen LogP contribution in [0.15, 0.2) is 95.9 Å². The van der Waals surface area contributed by atoms with Gasteiger partial charge in [-0.2, -0.15) is 0 Å². The highest BCUT2D eigenvalue weighted by Gasteiger charge is 2.23. The van der Waals surface area contributed by atoms with Crippen molar-refractivity contribution in [3.05, 3.63) is 96.6 Å². The lowest BCUT2D eigenvalue weighted by Gasteiger charge is -2.33. The third kappa shape index (κ3) is 6.58. The molecule has 4 aromatic carbocycles. The van der Waals surface area contributed by atoms with Gasteiger partial charge in [-0.1, -0.05) is 54.6 Å². The maximum absolute atomic E-state index is 11.8. The zero-order valence-corrected chi connectivity index (χ0v) is 22.1. The lowest BCUT2D eigenvalue weighted by Crippen LogP contribution is -2.34. The molecule has 0 aromatic heterocycles. The molecule has 2 N–H and O–H groups in total. The highest BCUT2D eigenvalue weighted by molar-refractivity contribution is 8.00. The number of carbonyl (C=O) groups is 2. The van der Waals surface area contributed by atoms with E-state index < -0.39 is 11.9 Å². The van der Waals surface area contributed by atoms with Crippen LogP contribution in [0, 0.1) is 0 Å². The fourth-order valence-corrected chi connectivity index (χ4v) is 5.35. The van der Waals surface area contributed by atoms with Crippen molar-refractivity contribution >= 4 is 46.0 Å². The van der Waals surface area contributed by atoms with Gasteiger partial charge in [0.2, 0.25) is 0 Å². The van der Waals surface area contributed by atoms with Crippen molar-refractivity contribution in [3.63, 3.8) is 0 Å². The SMILES string of the molecule is COc1ccc(SN(CC(=O)O)c2ccc(N(Cc3ccccc3)[C@@H](C)CC(=O)O)c3ccccc23)cc1. The van der Waals surface area contributed by atoms with E-state index in [-0.39, 0.29) is 19.0 Å². The van der Waals surface area contributed by atoms with Crippen LogP contribution >= 0.6 is 11.9 Å². The molecule has 7 nitrogen and oxygen atoms in total. The van der Waals surface area contributed by atoms with Crippen LogP contribution in [-0.2, 0) is 16.1 Å². The Morgan fingerprint density at radius 1 is 0.816 bits per heavy atom. The summed E-state index contributed by atoms with van der Waals surface area (Å²) >= 11 is 1.34. The van der Waals surface area contributed by atoms with E-state index in [1.54, 1.807) is 11.4 Å². The molecule has 196 valence electrons. The van der Waals surface area contributed by atoms with Gasteiger partial charge in [0.25, 0.3) is 0 Å². The number of carboxylic acids is 2. The molecule has 0 amide bonds. The fourth-order valence-electron chi connectivity index (χ4n) is 4.41. The van der Waals surface area contributed by atoms with Gasteiger partial charge in [0, 0.05) is 33.9 Å². The van der Waals surface area contributed by atoms with Crippen molar-refractivity contribution in [2.45, 2.75) is 30.8 Å². The smallest absolute Gasteiger partial charge is 0.324 e. The van der Waals surface area contributed by atoms with Crippen LogP contribution in [0.2, 0.25) is 0 Å². The Labute approximate surface area is 226 Å². The quantitative estimate of drug-likeness (QED) is 0.206. The second kappa shape index (κ2) is 12.4. The van der Waals surface area contributed by atoms with E-state index in [4.69, 9.17) is 4.74 Å². The van der Waals surface area contributed by atoms with Crippen LogP contribution in [0.5, 0.6) is 5.75 Å². The van der Waals surface area contributed by atoms with Crippen molar-refractivity contribution < 1.29 is 24.5 Å². The van der Waals surface area contributed by atoms with Crippen LogP contribution < -0.4 is 13.9 Å². The summed E-state index contributed by atoms with van der Waals surface area (Å²) in [5.74, 6) is -1.08. The van der Waals surface area contributed by atoms with Crippen LogP contribution in [0.4, 0.5) is 11.4 Å². The lowest BCUT2D eigenvalue weighted by atomic mass is 10.0. The molecule has 0 aliphatic heterocycles. The first-order valence-corrected chi connectivity index (χ1v) is 13.0.